The van der Waals surface area contributed by atoms with Crippen LogP contribution in [-0.2, 0) is 11.2 Å². The zero-order chi connectivity index (χ0) is 16.5. The molecule has 0 bridgehead atoms. The van der Waals surface area contributed by atoms with E-state index < -0.39 is 0 Å². The van der Waals surface area contributed by atoms with E-state index in [1.54, 1.807) is 7.11 Å². The van der Waals surface area contributed by atoms with Crippen molar-refractivity contribution >= 4 is 23.2 Å². The number of ether oxygens (including phenoxy) is 1. The third-order valence-electron chi connectivity index (χ3n) is 3.41. The van der Waals surface area contributed by atoms with Gasteiger partial charge in [0.05, 0.1) is 17.8 Å². The number of anilines is 1. The van der Waals surface area contributed by atoms with Crippen LogP contribution in [0.25, 0.3) is 0 Å². The number of halogens is 1. The normalized spacial score (nSPS) is 10.2. The van der Waals surface area contributed by atoms with Gasteiger partial charge in [0.2, 0.25) is 5.91 Å². The van der Waals surface area contributed by atoms with E-state index in [2.05, 4.69) is 10.6 Å². The van der Waals surface area contributed by atoms with Crippen LogP contribution in [0.5, 0.6) is 5.75 Å². The number of para-hydroxylation sites is 1. The minimum absolute atomic E-state index is 0.0208. The average Bonchev–Trinajstić information content (AvgIpc) is 2.57. The van der Waals surface area contributed by atoms with Crippen LogP contribution in [0.1, 0.15) is 12.0 Å². The van der Waals surface area contributed by atoms with Crippen LogP contribution in [0, 0.1) is 0 Å². The van der Waals surface area contributed by atoms with E-state index in [0.717, 1.165) is 23.4 Å². The van der Waals surface area contributed by atoms with Gasteiger partial charge in [0.1, 0.15) is 5.75 Å². The van der Waals surface area contributed by atoms with E-state index in [-0.39, 0.29) is 5.91 Å². The summed E-state index contributed by atoms with van der Waals surface area (Å²) in [5, 5.41) is 6.73. The number of benzene rings is 2. The topological polar surface area (TPSA) is 50.4 Å². The first-order valence-corrected chi connectivity index (χ1v) is 7.95. The molecular weight excluding hydrogens is 312 g/mol. The predicted octanol–water partition coefficient (Wildman–Crippen LogP) is 3.51. The summed E-state index contributed by atoms with van der Waals surface area (Å²) in [6.45, 7) is 1.16. The van der Waals surface area contributed by atoms with E-state index >= 15 is 0 Å². The Morgan fingerprint density at radius 3 is 2.74 bits per heavy atom. The summed E-state index contributed by atoms with van der Waals surface area (Å²) in [4.78, 5) is 11.8. The average molecular weight is 333 g/mol. The summed E-state index contributed by atoms with van der Waals surface area (Å²) >= 11 is 6.04. The van der Waals surface area contributed by atoms with Crippen molar-refractivity contribution in [1.29, 1.82) is 0 Å². The SMILES string of the molecule is COc1cccc(CCNC(=O)CCNc2ccccc2Cl)c1. The lowest BCUT2D eigenvalue weighted by Crippen LogP contribution is -2.27. The highest BCUT2D eigenvalue weighted by molar-refractivity contribution is 6.33. The molecule has 23 heavy (non-hydrogen) atoms. The summed E-state index contributed by atoms with van der Waals surface area (Å²) in [6.07, 6.45) is 1.18. The van der Waals surface area contributed by atoms with Crippen molar-refractivity contribution < 1.29 is 9.53 Å². The highest BCUT2D eigenvalue weighted by Crippen LogP contribution is 2.20. The zero-order valence-corrected chi connectivity index (χ0v) is 13.9. The molecule has 5 heteroatoms. The van der Waals surface area contributed by atoms with Gasteiger partial charge in [0.15, 0.2) is 0 Å². The Kier molecular flexibility index (Phi) is 6.76. The zero-order valence-electron chi connectivity index (χ0n) is 13.1. The highest BCUT2D eigenvalue weighted by atomic mass is 35.5. The van der Waals surface area contributed by atoms with Gasteiger partial charge in [-0.2, -0.15) is 0 Å². The van der Waals surface area contributed by atoms with Crippen LogP contribution >= 0.6 is 11.6 Å². The fourth-order valence-corrected chi connectivity index (χ4v) is 2.38. The Hall–Kier alpha value is -2.20. The van der Waals surface area contributed by atoms with Crippen molar-refractivity contribution in [2.24, 2.45) is 0 Å². The van der Waals surface area contributed by atoms with Crippen LogP contribution < -0.4 is 15.4 Å². The first-order valence-electron chi connectivity index (χ1n) is 7.57. The molecule has 4 nitrogen and oxygen atoms in total. The smallest absolute Gasteiger partial charge is 0.221 e. The molecule has 0 radical (unpaired) electrons. The number of methoxy groups -OCH3 is 1. The van der Waals surface area contributed by atoms with E-state index in [1.165, 1.54) is 0 Å². The van der Waals surface area contributed by atoms with Crippen molar-refractivity contribution in [3.63, 3.8) is 0 Å². The van der Waals surface area contributed by atoms with Gasteiger partial charge in [-0.05, 0) is 36.2 Å². The maximum atomic E-state index is 11.8. The molecule has 0 aliphatic carbocycles. The van der Waals surface area contributed by atoms with Gasteiger partial charge < -0.3 is 15.4 Å². The number of amides is 1. The minimum Gasteiger partial charge on any atom is -0.497 e. The Morgan fingerprint density at radius 1 is 1.13 bits per heavy atom. The molecule has 2 rings (SSSR count). The molecule has 0 aliphatic heterocycles. The van der Waals surface area contributed by atoms with Crippen LogP contribution in [-0.4, -0.2) is 26.1 Å². The summed E-state index contributed by atoms with van der Waals surface area (Å²) in [7, 11) is 1.65. The molecule has 0 aliphatic rings. The van der Waals surface area contributed by atoms with Gasteiger partial charge in [-0.1, -0.05) is 35.9 Å². The number of carbonyl (C=O) groups excluding carboxylic acids is 1. The maximum absolute atomic E-state index is 11.8. The van der Waals surface area contributed by atoms with E-state index in [0.29, 0.717) is 24.5 Å². The third-order valence-corrected chi connectivity index (χ3v) is 3.74. The maximum Gasteiger partial charge on any atom is 0.221 e. The van der Waals surface area contributed by atoms with Gasteiger partial charge in [-0.25, -0.2) is 0 Å². The van der Waals surface area contributed by atoms with Gasteiger partial charge in [0.25, 0.3) is 0 Å². The second-order valence-electron chi connectivity index (χ2n) is 5.11. The molecule has 0 aromatic heterocycles. The molecule has 0 spiro atoms. The lowest BCUT2D eigenvalue weighted by atomic mass is 10.1. The number of hydrogen-bond acceptors (Lipinski definition) is 3. The Bertz CT molecular complexity index is 646. The molecule has 0 unspecified atom stereocenters. The summed E-state index contributed by atoms with van der Waals surface area (Å²) in [5.41, 5.74) is 1.98. The quantitative estimate of drug-likeness (QED) is 0.777. The Balaban J connectivity index is 1.66. The molecule has 2 aromatic rings. The third kappa shape index (κ3) is 5.83. The second-order valence-corrected chi connectivity index (χ2v) is 5.52. The summed E-state index contributed by atoms with van der Waals surface area (Å²) in [6, 6.07) is 15.3. The fraction of sp³-hybridized carbons (Fsp3) is 0.278. The number of carbonyl (C=O) groups is 1. The van der Waals surface area contributed by atoms with Gasteiger partial charge in [-0.3, -0.25) is 4.79 Å². The molecule has 0 heterocycles. The van der Waals surface area contributed by atoms with Crippen LogP contribution in [0.2, 0.25) is 5.02 Å². The molecule has 1 amide bonds. The summed E-state index contributed by atoms with van der Waals surface area (Å²) < 4.78 is 5.18. The number of hydrogen-bond donors (Lipinski definition) is 2. The monoisotopic (exact) mass is 332 g/mol. The molecule has 0 fully saturated rings. The Morgan fingerprint density at radius 2 is 1.96 bits per heavy atom. The van der Waals surface area contributed by atoms with Crippen molar-refractivity contribution in [1.82, 2.24) is 5.32 Å². The van der Waals surface area contributed by atoms with Gasteiger partial charge >= 0.3 is 0 Å². The predicted molar refractivity (Wildman–Crippen MR) is 94.3 cm³/mol. The van der Waals surface area contributed by atoms with Crippen molar-refractivity contribution in [3.05, 3.63) is 59.1 Å². The van der Waals surface area contributed by atoms with Crippen molar-refractivity contribution in [2.75, 3.05) is 25.5 Å². The fourth-order valence-electron chi connectivity index (χ4n) is 2.18. The van der Waals surface area contributed by atoms with Crippen molar-refractivity contribution in [3.8, 4) is 5.75 Å². The van der Waals surface area contributed by atoms with E-state index in [1.807, 2.05) is 48.5 Å². The molecule has 0 atom stereocenters. The molecule has 2 N–H and O–H groups in total. The standard InChI is InChI=1S/C18H21ClN2O2/c1-23-15-6-4-5-14(13-15)9-11-21-18(22)10-12-20-17-8-3-2-7-16(17)19/h2-8,13,20H,9-12H2,1H3,(H,21,22). The molecule has 0 saturated carbocycles. The van der Waals surface area contributed by atoms with E-state index in [4.69, 9.17) is 16.3 Å². The van der Waals surface area contributed by atoms with Gasteiger partial charge in [-0.15, -0.1) is 0 Å². The highest BCUT2D eigenvalue weighted by Gasteiger charge is 2.03. The van der Waals surface area contributed by atoms with Crippen molar-refractivity contribution in [2.45, 2.75) is 12.8 Å². The molecule has 122 valence electrons. The molecular formula is C18H21ClN2O2. The number of rotatable bonds is 8. The molecule has 0 saturated heterocycles. The first kappa shape index (κ1) is 17.2. The largest absolute Gasteiger partial charge is 0.497 e. The number of nitrogens with one attached hydrogen (secondary N) is 2. The Labute approximate surface area is 141 Å². The lowest BCUT2D eigenvalue weighted by molar-refractivity contribution is -0.120. The second kappa shape index (κ2) is 9.06. The van der Waals surface area contributed by atoms with Crippen LogP contribution in [0.15, 0.2) is 48.5 Å². The van der Waals surface area contributed by atoms with Crippen LogP contribution in [0.4, 0.5) is 5.69 Å². The van der Waals surface area contributed by atoms with E-state index in [9.17, 15) is 4.79 Å². The lowest BCUT2D eigenvalue weighted by Gasteiger charge is -2.09. The van der Waals surface area contributed by atoms with Crippen LogP contribution in [0.3, 0.4) is 0 Å². The van der Waals surface area contributed by atoms with Gasteiger partial charge in [0, 0.05) is 19.5 Å². The molecule has 2 aromatic carbocycles. The summed E-state index contributed by atoms with van der Waals surface area (Å²) in [5.74, 6) is 0.852. The minimum atomic E-state index is 0.0208. The first-order chi connectivity index (χ1) is 11.2.